The van der Waals surface area contributed by atoms with Gasteiger partial charge in [-0.3, -0.25) is 9.59 Å². The number of nitrogens with one attached hydrogen (secondary N) is 1. The van der Waals surface area contributed by atoms with Crippen LogP contribution in [0.25, 0.3) is 0 Å². The van der Waals surface area contributed by atoms with E-state index in [0.29, 0.717) is 23.7 Å². The van der Waals surface area contributed by atoms with Crippen molar-refractivity contribution in [1.82, 2.24) is 0 Å². The summed E-state index contributed by atoms with van der Waals surface area (Å²) in [5.74, 6) is 0.411. The molecule has 0 saturated heterocycles. The first-order valence-corrected chi connectivity index (χ1v) is 6.82. The third-order valence-corrected chi connectivity index (χ3v) is 3.15. The molecule has 0 aromatic heterocycles. The lowest BCUT2D eigenvalue weighted by molar-refractivity contribution is -0.123. The third kappa shape index (κ3) is 3.24. The number of fused-ring (bicyclic) bond motifs is 1. The van der Waals surface area contributed by atoms with Crippen LogP contribution in [0.1, 0.15) is 20.8 Å². The van der Waals surface area contributed by atoms with E-state index in [1.54, 1.807) is 29.2 Å². The van der Waals surface area contributed by atoms with Crippen molar-refractivity contribution in [2.24, 2.45) is 5.41 Å². The van der Waals surface area contributed by atoms with Crippen molar-refractivity contribution < 1.29 is 14.3 Å². The zero-order valence-electron chi connectivity index (χ0n) is 12.6. The van der Waals surface area contributed by atoms with Crippen LogP contribution in [-0.2, 0) is 9.59 Å². The molecule has 5 heteroatoms. The van der Waals surface area contributed by atoms with Gasteiger partial charge in [0.05, 0.1) is 5.69 Å². The average molecular weight is 288 g/mol. The van der Waals surface area contributed by atoms with Gasteiger partial charge in [-0.15, -0.1) is 6.58 Å². The number of hydrogen-bond acceptors (Lipinski definition) is 3. The molecule has 1 aliphatic heterocycles. The van der Waals surface area contributed by atoms with Gasteiger partial charge in [-0.1, -0.05) is 26.8 Å². The van der Waals surface area contributed by atoms with Gasteiger partial charge in [0.15, 0.2) is 6.61 Å². The molecule has 1 heterocycles. The molecule has 0 spiro atoms. The highest BCUT2D eigenvalue weighted by molar-refractivity contribution is 5.99. The highest BCUT2D eigenvalue weighted by Crippen LogP contribution is 2.34. The van der Waals surface area contributed by atoms with E-state index in [4.69, 9.17) is 4.74 Å². The minimum atomic E-state index is -0.471. The Labute approximate surface area is 124 Å². The van der Waals surface area contributed by atoms with E-state index in [1.807, 2.05) is 20.8 Å². The lowest BCUT2D eigenvalue weighted by Crippen LogP contribution is -2.38. The number of carbonyl (C=O) groups is 2. The second-order valence-electron chi connectivity index (χ2n) is 5.97. The summed E-state index contributed by atoms with van der Waals surface area (Å²) in [5, 5.41) is 2.85. The van der Waals surface area contributed by atoms with E-state index in [-0.39, 0.29) is 18.4 Å². The maximum Gasteiger partial charge on any atom is 0.265 e. The van der Waals surface area contributed by atoms with Crippen molar-refractivity contribution in [3.05, 3.63) is 30.9 Å². The summed E-state index contributed by atoms with van der Waals surface area (Å²) in [6, 6.07) is 5.27. The van der Waals surface area contributed by atoms with E-state index in [0.717, 1.165) is 0 Å². The predicted molar refractivity (Wildman–Crippen MR) is 82.6 cm³/mol. The fourth-order valence-electron chi connectivity index (χ4n) is 1.93. The molecule has 112 valence electrons. The standard InChI is InChI=1S/C16H20N2O3/c1-5-8-18-12-7-6-11(17-15(20)16(2,3)4)9-13(12)21-10-14(18)19/h5-7,9H,1,8,10H2,2-4H3,(H,17,20). The Kier molecular flexibility index (Phi) is 4.02. The number of carbonyl (C=O) groups excluding carboxylic acids is 2. The topological polar surface area (TPSA) is 58.6 Å². The van der Waals surface area contributed by atoms with E-state index in [1.165, 1.54) is 0 Å². The van der Waals surface area contributed by atoms with Crippen LogP contribution >= 0.6 is 0 Å². The lowest BCUT2D eigenvalue weighted by Gasteiger charge is -2.29. The minimum Gasteiger partial charge on any atom is -0.481 e. The second-order valence-corrected chi connectivity index (χ2v) is 5.97. The fourth-order valence-corrected chi connectivity index (χ4v) is 1.93. The smallest absolute Gasteiger partial charge is 0.265 e. The second kappa shape index (κ2) is 5.60. The summed E-state index contributed by atoms with van der Waals surface area (Å²) < 4.78 is 5.44. The van der Waals surface area contributed by atoms with Crippen molar-refractivity contribution in [2.75, 3.05) is 23.4 Å². The Balaban J connectivity index is 2.26. The lowest BCUT2D eigenvalue weighted by atomic mass is 9.95. The molecule has 1 aromatic carbocycles. The van der Waals surface area contributed by atoms with E-state index in [2.05, 4.69) is 11.9 Å². The maximum atomic E-state index is 12.0. The Morgan fingerprint density at radius 2 is 2.19 bits per heavy atom. The number of ether oxygens (including phenoxy) is 1. The molecule has 5 nitrogen and oxygen atoms in total. The first kappa shape index (κ1) is 15.1. The SMILES string of the molecule is C=CCN1C(=O)COc2cc(NC(=O)C(C)(C)C)ccc21. The average Bonchev–Trinajstić information content (AvgIpc) is 2.41. The van der Waals surface area contributed by atoms with Gasteiger partial charge >= 0.3 is 0 Å². The molecular weight excluding hydrogens is 268 g/mol. The van der Waals surface area contributed by atoms with Gasteiger partial charge in [-0.2, -0.15) is 0 Å². The first-order chi connectivity index (χ1) is 9.82. The number of amides is 2. The normalized spacial score (nSPS) is 14.2. The van der Waals surface area contributed by atoms with Crippen molar-refractivity contribution >= 4 is 23.2 Å². The summed E-state index contributed by atoms with van der Waals surface area (Å²) >= 11 is 0. The Morgan fingerprint density at radius 3 is 2.81 bits per heavy atom. The van der Waals surface area contributed by atoms with Crippen molar-refractivity contribution in [3.63, 3.8) is 0 Å². The molecular formula is C16H20N2O3. The highest BCUT2D eigenvalue weighted by atomic mass is 16.5. The molecule has 21 heavy (non-hydrogen) atoms. The molecule has 1 aromatic rings. The number of hydrogen-bond donors (Lipinski definition) is 1. The molecule has 1 N–H and O–H groups in total. The first-order valence-electron chi connectivity index (χ1n) is 6.82. The third-order valence-electron chi connectivity index (χ3n) is 3.15. The van der Waals surface area contributed by atoms with Gasteiger partial charge in [-0.25, -0.2) is 0 Å². The molecule has 2 rings (SSSR count). The maximum absolute atomic E-state index is 12.0. The number of rotatable bonds is 3. The zero-order valence-corrected chi connectivity index (χ0v) is 12.6. The largest absolute Gasteiger partial charge is 0.481 e. The molecule has 0 fully saturated rings. The summed E-state index contributed by atoms with van der Waals surface area (Å²) in [5.41, 5.74) is 0.878. The quantitative estimate of drug-likeness (QED) is 0.870. The zero-order chi connectivity index (χ0) is 15.6. The predicted octanol–water partition coefficient (Wildman–Crippen LogP) is 2.58. The Morgan fingerprint density at radius 1 is 1.48 bits per heavy atom. The van der Waals surface area contributed by atoms with Crippen LogP contribution in [0, 0.1) is 5.41 Å². The number of anilines is 2. The van der Waals surface area contributed by atoms with Gasteiger partial charge in [0, 0.05) is 23.7 Å². The molecule has 0 unspecified atom stereocenters. The van der Waals surface area contributed by atoms with Crippen LogP contribution in [0.4, 0.5) is 11.4 Å². The molecule has 0 atom stereocenters. The van der Waals surface area contributed by atoms with E-state index >= 15 is 0 Å². The van der Waals surface area contributed by atoms with Crippen LogP contribution < -0.4 is 15.0 Å². The fraction of sp³-hybridized carbons (Fsp3) is 0.375. The summed E-state index contributed by atoms with van der Waals surface area (Å²) in [6.07, 6.45) is 1.67. The van der Waals surface area contributed by atoms with Crippen LogP contribution in [0.15, 0.2) is 30.9 Å². The van der Waals surface area contributed by atoms with Gasteiger partial charge in [0.25, 0.3) is 5.91 Å². The summed E-state index contributed by atoms with van der Waals surface area (Å²) in [6.45, 7) is 9.63. The summed E-state index contributed by atoms with van der Waals surface area (Å²) in [7, 11) is 0. The summed E-state index contributed by atoms with van der Waals surface area (Å²) in [4.78, 5) is 25.4. The minimum absolute atomic E-state index is 0.00247. The van der Waals surface area contributed by atoms with Gasteiger partial charge < -0.3 is 15.0 Å². The number of nitrogens with zero attached hydrogens (tertiary/aromatic N) is 1. The Hall–Kier alpha value is -2.30. The van der Waals surface area contributed by atoms with Gasteiger partial charge in [0.2, 0.25) is 5.91 Å². The van der Waals surface area contributed by atoms with E-state index < -0.39 is 5.41 Å². The van der Waals surface area contributed by atoms with Crippen LogP contribution in [-0.4, -0.2) is 25.0 Å². The molecule has 0 bridgehead atoms. The molecule has 0 saturated carbocycles. The van der Waals surface area contributed by atoms with E-state index in [9.17, 15) is 9.59 Å². The van der Waals surface area contributed by atoms with Crippen LogP contribution in [0.3, 0.4) is 0 Å². The van der Waals surface area contributed by atoms with Crippen LogP contribution in [0.5, 0.6) is 5.75 Å². The van der Waals surface area contributed by atoms with Crippen molar-refractivity contribution in [3.8, 4) is 5.75 Å². The molecule has 2 amide bonds. The Bertz CT molecular complexity index is 588. The molecule has 0 radical (unpaired) electrons. The van der Waals surface area contributed by atoms with Gasteiger partial charge in [-0.05, 0) is 12.1 Å². The molecule has 1 aliphatic rings. The van der Waals surface area contributed by atoms with Crippen molar-refractivity contribution in [1.29, 1.82) is 0 Å². The number of benzene rings is 1. The highest BCUT2D eigenvalue weighted by Gasteiger charge is 2.26. The van der Waals surface area contributed by atoms with Gasteiger partial charge in [0.1, 0.15) is 5.75 Å². The van der Waals surface area contributed by atoms with Crippen molar-refractivity contribution in [2.45, 2.75) is 20.8 Å². The monoisotopic (exact) mass is 288 g/mol. The van der Waals surface area contributed by atoms with Crippen LogP contribution in [0.2, 0.25) is 0 Å². The molecule has 0 aliphatic carbocycles.